The second kappa shape index (κ2) is 14.4. The minimum absolute atomic E-state index is 0.114. The molecule has 3 N–H and O–H groups in total. The Kier molecular flexibility index (Phi) is 12.1. The van der Waals surface area contributed by atoms with Crippen molar-refractivity contribution in [2.24, 2.45) is 5.10 Å². The van der Waals surface area contributed by atoms with Gasteiger partial charge in [0.05, 0.1) is 12.8 Å². The molecule has 0 aliphatic rings. The lowest BCUT2D eigenvalue weighted by Gasteiger charge is -2.06. The Morgan fingerprint density at radius 3 is 2.54 bits per heavy atom. The molecule has 154 valence electrons. The number of para-hydroxylation sites is 1. The van der Waals surface area contributed by atoms with E-state index in [-0.39, 0.29) is 18.2 Å². The molecule has 0 aliphatic carbocycles. The quantitative estimate of drug-likeness (QED) is 0.196. The van der Waals surface area contributed by atoms with Crippen LogP contribution in [0.15, 0.2) is 36.0 Å². The van der Waals surface area contributed by atoms with Crippen molar-refractivity contribution >= 4 is 18.0 Å². The third-order valence-corrected chi connectivity index (χ3v) is 4.36. The van der Waals surface area contributed by atoms with Crippen molar-refractivity contribution in [3.63, 3.8) is 0 Å². The van der Waals surface area contributed by atoms with E-state index in [0.717, 1.165) is 24.8 Å². The third-order valence-electron chi connectivity index (χ3n) is 4.36. The molecular weight excluding hydrogens is 354 g/mol. The van der Waals surface area contributed by atoms with Gasteiger partial charge in [0.2, 0.25) is 5.91 Å². The van der Waals surface area contributed by atoms with Crippen LogP contribution in [0.25, 0.3) is 0 Å². The first kappa shape index (κ1) is 23.4. The van der Waals surface area contributed by atoms with E-state index in [4.69, 9.17) is 0 Å². The van der Waals surface area contributed by atoms with E-state index in [1.54, 1.807) is 24.3 Å². The lowest BCUT2D eigenvalue weighted by molar-refractivity contribution is -0.126. The molecule has 6 nitrogen and oxygen atoms in total. The van der Waals surface area contributed by atoms with Crippen LogP contribution < -0.4 is 10.7 Å². The Balaban J connectivity index is 2.23. The van der Waals surface area contributed by atoms with Crippen molar-refractivity contribution in [3.05, 3.63) is 42.0 Å². The Morgan fingerprint density at radius 2 is 1.82 bits per heavy atom. The highest BCUT2D eigenvalue weighted by atomic mass is 16.3. The van der Waals surface area contributed by atoms with Crippen LogP contribution in [0.5, 0.6) is 5.75 Å². The predicted molar refractivity (Wildman–Crippen MR) is 113 cm³/mol. The molecule has 0 radical (unpaired) electrons. The van der Waals surface area contributed by atoms with E-state index in [9.17, 15) is 14.7 Å². The van der Waals surface area contributed by atoms with Crippen molar-refractivity contribution < 1.29 is 14.7 Å². The number of nitrogens with one attached hydrogen (secondary N) is 2. The Labute approximate surface area is 168 Å². The van der Waals surface area contributed by atoms with Crippen molar-refractivity contribution in [3.8, 4) is 5.75 Å². The number of rotatable bonds is 14. The summed E-state index contributed by atoms with van der Waals surface area (Å²) in [6, 6.07) is 5.29. The fourth-order valence-corrected chi connectivity index (χ4v) is 2.76. The van der Waals surface area contributed by atoms with Crippen molar-refractivity contribution in [2.75, 3.05) is 6.54 Å². The maximum atomic E-state index is 11.8. The van der Waals surface area contributed by atoms with E-state index in [1.165, 1.54) is 31.9 Å². The zero-order valence-electron chi connectivity index (χ0n) is 16.9. The molecule has 6 heteroatoms. The van der Waals surface area contributed by atoms with Gasteiger partial charge in [-0.25, -0.2) is 5.43 Å². The number of hydrogen-bond acceptors (Lipinski definition) is 4. The number of hydrogen-bond donors (Lipinski definition) is 3. The fourth-order valence-electron chi connectivity index (χ4n) is 2.76. The zero-order chi connectivity index (χ0) is 20.6. The smallest absolute Gasteiger partial charge is 0.259 e. The lowest BCUT2D eigenvalue weighted by Crippen LogP contribution is -2.34. The zero-order valence-corrected chi connectivity index (χ0v) is 16.9. The molecule has 1 aromatic carbocycles. The minimum atomic E-state index is -0.411. The molecule has 0 fully saturated rings. The van der Waals surface area contributed by atoms with E-state index >= 15 is 0 Å². The second-order valence-electron chi connectivity index (χ2n) is 6.79. The highest BCUT2D eigenvalue weighted by Gasteiger charge is 2.06. The van der Waals surface area contributed by atoms with Crippen LogP contribution in [0.3, 0.4) is 0 Å². The van der Waals surface area contributed by atoms with Crippen molar-refractivity contribution in [1.29, 1.82) is 0 Å². The van der Waals surface area contributed by atoms with Gasteiger partial charge in [-0.05, 0) is 24.5 Å². The van der Waals surface area contributed by atoms with Crippen LogP contribution in [0.1, 0.15) is 69.4 Å². The van der Waals surface area contributed by atoms with Crippen molar-refractivity contribution in [2.45, 2.75) is 64.7 Å². The van der Waals surface area contributed by atoms with Gasteiger partial charge in [-0.3, -0.25) is 9.59 Å². The normalized spacial score (nSPS) is 10.8. The van der Waals surface area contributed by atoms with Crippen LogP contribution in [0.4, 0.5) is 0 Å². The number of carbonyl (C=O) groups excluding carboxylic acids is 2. The summed E-state index contributed by atoms with van der Waals surface area (Å²) >= 11 is 0. The van der Waals surface area contributed by atoms with Crippen LogP contribution in [0, 0.1) is 0 Å². The van der Waals surface area contributed by atoms with E-state index in [0.29, 0.717) is 18.4 Å². The van der Waals surface area contributed by atoms with E-state index in [2.05, 4.69) is 29.3 Å². The first-order valence-corrected chi connectivity index (χ1v) is 10.1. The first-order chi connectivity index (χ1) is 13.6. The molecule has 0 unspecified atom stereocenters. The molecule has 0 aliphatic heterocycles. The highest BCUT2D eigenvalue weighted by Crippen LogP contribution is 2.21. The number of hydrazone groups is 1. The molecule has 2 amide bonds. The van der Waals surface area contributed by atoms with Crippen LogP contribution in [-0.2, 0) is 16.0 Å². The minimum Gasteiger partial charge on any atom is -0.507 e. The average molecular weight is 388 g/mol. The third kappa shape index (κ3) is 9.90. The van der Waals surface area contributed by atoms with Gasteiger partial charge in [-0.2, -0.15) is 5.10 Å². The van der Waals surface area contributed by atoms with Gasteiger partial charge in [-0.15, -0.1) is 6.58 Å². The number of amides is 2. The van der Waals surface area contributed by atoms with Gasteiger partial charge in [0.15, 0.2) is 0 Å². The van der Waals surface area contributed by atoms with Gasteiger partial charge < -0.3 is 10.4 Å². The molecule has 1 aromatic rings. The number of nitrogens with zero attached hydrogens (tertiary/aromatic N) is 1. The topological polar surface area (TPSA) is 90.8 Å². The summed E-state index contributed by atoms with van der Waals surface area (Å²) in [7, 11) is 0. The summed E-state index contributed by atoms with van der Waals surface area (Å²) in [5, 5.41) is 16.5. The number of benzene rings is 1. The van der Waals surface area contributed by atoms with Crippen LogP contribution in [0.2, 0.25) is 0 Å². The molecule has 0 heterocycles. The Hall–Kier alpha value is -2.63. The Bertz CT molecular complexity index is 656. The summed E-state index contributed by atoms with van der Waals surface area (Å²) in [4.78, 5) is 23.5. The molecule has 0 spiro atoms. The van der Waals surface area contributed by atoms with Crippen molar-refractivity contribution in [1.82, 2.24) is 10.7 Å². The van der Waals surface area contributed by atoms with Gasteiger partial charge in [-0.1, -0.05) is 63.7 Å². The fraction of sp³-hybridized carbons (Fsp3) is 0.500. The number of allylic oxidation sites excluding steroid dienone is 1. The lowest BCUT2D eigenvalue weighted by atomic mass is 10.1. The maximum absolute atomic E-state index is 11.8. The number of phenols is 1. The first-order valence-electron chi connectivity index (χ1n) is 10.1. The highest BCUT2D eigenvalue weighted by molar-refractivity contribution is 5.87. The number of aromatic hydroxyl groups is 1. The summed E-state index contributed by atoms with van der Waals surface area (Å²) in [6.07, 6.45) is 12.1. The van der Waals surface area contributed by atoms with Crippen LogP contribution >= 0.6 is 0 Å². The van der Waals surface area contributed by atoms with E-state index < -0.39 is 5.91 Å². The number of phenolic OH excluding ortho intramolecular Hbond substituents is 1. The van der Waals surface area contributed by atoms with Gasteiger partial charge in [0, 0.05) is 12.0 Å². The second-order valence-corrected chi connectivity index (χ2v) is 6.79. The molecule has 0 aromatic heterocycles. The summed E-state index contributed by atoms with van der Waals surface area (Å²) in [5.41, 5.74) is 3.59. The largest absolute Gasteiger partial charge is 0.507 e. The van der Waals surface area contributed by atoms with Gasteiger partial charge in [0.25, 0.3) is 5.91 Å². The number of carbonyl (C=O) groups is 2. The van der Waals surface area contributed by atoms with Crippen LogP contribution in [-0.4, -0.2) is 29.7 Å². The molecule has 0 bridgehead atoms. The Morgan fingerprint density at radius 1 is 1.11 bits per heavy atom. The standard InChI is InChI=1S/C22H33N3O3/c1-3-5-6-7-8-9-10-15-20(26)23-17-21(27)25-24-16-19-14-11-13-18(12-4-2)22(19)28/h4,11,13-14,16,28H,2-3,5-10,12,15,17H2,1H3,(H,23,26)(H,25,27). The molecule has 1 rings (SSSR count). The maximum Gasteiger partial charge on any atom is 0.259 e. The molecule has 0 saturated heterocycles. The average Bonchev–Trinajstić information content (AvgIpc) is 2.68. The summed E-state index contributed by atoms with van der Waals surface area (Å²) in [5.74, 6) is -0.420. The monoisotopic (exact) mass is 387 g/mol. The summed E-state index contributed by atoms with van der Waals surface area (Å²) < 4.78 is 0. The molecule has 0 saturated carbocycles. The molecule has 0 atom stereocenters. The van der Waals surface area contributed by atoms with Gasteiger partial charge in [0.1, 0.15) is 5.75 Å². The summed E-state index contributed by atoms with van der Waals surface area (Å²) in [6.45, 7) is 5.72. The number of unbranched alkanes of at least 4 members (excludes halogenated alkanes) is 6. The van der Waals surface area contributed by atoms with E-state index in [1.807, 2.05) is 0 Å². The molecular formula is C22H33N3O3. The molecule has 28 heavy (non-hydrogen) atoms. The van der Waals surface area contributed by atoms with Gasteiger partial charge >= 0.3 is 0 Å². The predicted octanol–water partition coefficient (Wildman–Crippen LogP) is 3.83. The SMILES string of the molecule is C=CCc1cccc(C=NNC(=O)CNC(=O)CCCCCCCCC)c1O.